The van der Waals surface area contributed by atoms with Crippen molar-refractivity contribution in [3.63, 3.8) is 0 Å². The normalized spacial score (nSPS) is 17.3. The van der Waals surface area contributed by atoms with Crippen molar-refractivity contribution in [1.82, 2.24) is 9.88 Å². The number of carbonyl (C=O) groups is 1. The van der Waals surface area contributed by atoms with Gasteiger partial charge in [0, 0.05) is 18.7 Å². The first-order chi connectivity index (χ1) is 12.5. The molecule has 1 saturated heterocycles. The monoisotopic (exact) mass is 400 g/mol. The molecule has 1 fully saturated rings. The number of hydrogen-bond acceptors (Lipinski definition) is 4. The van der Waals surface area contributed by atoms with Crippen molar-refractivity contribution in [2.24, 2.45) is 11.8 Å². The van der Waals surface area contributed by atoms with Crippen LogP contribution in [0.25, 0.3) is 0 Å². The van der Waals surface area contributed by atoms with Crippen LogP contribution in [-0.2, 0) is 11.2 Å². The number of aliphatic hydroxyl groups excluding tert-OH is 1. The highest BCUT2D eigenvalue weighted by molar-refractivity contribution is 6.29. The fourth-order valence-corrected chi connectivity index (χ4v) is 3.42. The Balaban J connectivity index is 2.02. The Bertz CT molecular complexity index is 668. The standard InChI is InChI=1S/C20H30ClFN2O3/c1-12(2)18(25)14-11-16(21)23-15(17(14)22)10-13-6-8-24(9-7-13)19(26)27-20(3,4)5/h11-13,18,25H,6-10H2,1-5H3. The molecule has 1 atom stereocenters. The molecule has 0 spiro atoms. The van der Waals surface area contributed by atoms with E-state index < -0.39 is 17.5 Å². The topological polar surface area (TPSA) is 62.7 Å². The van der Waals surface area contributed by atoms with E-state index in [4.69, 9.17) is 16.3 Å². The van der Waals surface area contributed by atoms with E-state index in [0.717, 1.165) is 12.8 Å². The van der Waals surface area contributed by atoms with E-state index in [1.54, 1.807) is 4.90 Å². The number of nitrogens with zero attached hydrogens (tertiary/aromatic N) is 2. The SMILES string of the molecule is CC(C)C(O)c1cc(Cl)nc(CC2CCN(C(=O)OC(C)(C)C)CC2)c1F. The van der Waals surface area contributed by atoms with Gasteiger partial charge in [0.15, 0.2) is 5.82 Å². The van der Waals surface area contributed by atoms with E-state index in [1.807, 2.05) is 34.6 Å². The molecule has 1 aliphatic heterocycles. The molecule has 1 amide bonds. The first kappa shape index (κ1) is 21.9. The second-order valence-corrected chi connectivity index (χ2v) is 8.99. The minimum Gasteiger partial charge on any atom is -0.444 e. The average Bonchev–Trinajstić information content (AvgIpc) is 2.56. The second-order valence-electron chi connectivity index (χ2n) is 8.60. The Labute approximate surface area is 165 Å². The van der Waals surface area contributed by atoms with Gasteiger partial charge in [-0.15, -0.1) is 0 Å². The summed E-state index contributed by atoms with van der Waals surface area (Å²) in [6.45, 7) is 10.3. The van der Waals surface area contributed by atoms with Gasteiger partial charge in [0.2, 0.25) is 0 Å². The Morgan fingerprint density at radius 3 is 2.52 bits per heavy atom. The van der Waals surface area contributed by atoms with Crippen molar-refractivity contribution in [3.05, 3.63) is 28.3 Å². The number of carbonyl (C=O) groups excluding carboxylic acids is 1. The predicted molar refractivity (Wildman–Crippen MR) is 103 cm³/mol. The van der Waals surface area contributed by atoms with E-state index in [-0.39, 0.29) is 34.3 Å². The molecule has 2 rings (SSSR count). The van der Waals surface area contributed by atoms with E-state index >= 15 is 0 Å². The third-order valence-corrected chi connectivity index (χ3v) is 4.92. The maximum atomic E-state index is 14.8. The van der Waals surface area contributed by atoms with E-state index in [9.17, 15) is 14.3 Å². The second kappa shape index (κ2) is 8.74. The minimum atomic E-state index is -0.918. The summed E-state index contributed by atoms with van der Waals surface area (Å²) in [6.07, 6.45) is 0.699. The summed E-state index contributed by atoms with van der Waals surface area (Å²) in [5.74, 6) is -0.397. The summed E-state index contributed by atoms with van der Waals surface area (Å²) in [5, 5.41) is 10.4. The first-order valence-electron chi connectivity index (χ1n) is 9.48. The molecule has 0 saturated carbocycles. The summed E-state index contributed by atoms with van der Waals surface area (Å²) in [7, 11) is 0. The summed E-state index contributed by atoms with van der Waals surface area (Å²) in [5.41, 5.74) is -0.0331. The lowest BCUT2D eigenvalue weighted by Crippen LogP contribution is -2.42. The number of hydrogen-bond donors (Lipinski definition) is 1. The molecule has 5 nitrogen and oxygen atoms in total. The number of ether oxygens (including phenoxy) is 1. The van der Waals surface area contributed by atoms with Gasteiger partial charge >= 0.3 is 6.09 Å². The number of pyridine rings is 1. The van der Waals surface area contributed by atoms with Gasteiger partial charge < -0.3 is 14.7 Å². The van der Waals surface area contributed by atoms with E-state index in [1.165, 1.54) is 6.07 Å². The Morgan fingerprint density at radius 2 is 2.00 bits per heavy atom. The van der Waals surface area contributed by atoms with Gasteiger partial charge in [-0.25, -0.2) is 14.2 Å². The third-order valence-electron chi connectivity index (χ3n) is 4.72. The van der Waals surface area contributed by atoms with Crippen molar-refractivity contribution < 1.29 is 19.0 Å². The zero-order chi connectivity index (χ0) is 20.4. The molecule has 0 aromatic carbocycles. The number of amides is 1. The molecule has 0 aliphatic carbocycles. The molecule has 1 aromatic rings. The van der Waals surface area contributed by atoms with Crippen molar-refractivity contribution in [3.8, 4) is 0 Å². The number of rotatable bonds is 4. The lowest BCUT2D eigenvalue weighted by atomic mass is 9.90. The van der Waals surface area contributed by atoms with Gasteiger partial charge in [0.25, 0.3) is 0 Å². The van der Waals surface area contributed by atoms with Crippen LogP contribution in [0.3, 0.4) is 0 Å². The molecular weight excluding hydrogens is 371 g/mol. The quantitative estimate of drug-likeness (QED) is 0.740. The van der Waals surface area contributed by atoms with Gasteiger partial charge in [-0.05, 0) is 57.9 Å². The number of likely N-dealkylation sites (tertiary alicyclic amines) is 1. The zero-order valence-electron chi connectivity index (χ0n) is 16.8. The van der Waals surface area contributed by atoms with Crippen molar-refractivity contribution >= 4 is 17.7 Å². The van der Waals surface area contributed by atoms with Crippen LogP contribution in [0.15, 0.2) is 6.07 Å². The lowest BCUT2D eigenvalue weighted by molar-refractivity contribution is 0.0183. The molecule has 1 aliphatic rings. The number of aliphatic hydroxyl groups is 1. The molecule has 1 aromatic heterocycles. The molecule has 0 radical (unpaired) electrons. The van der Waals surface area contributed by atoms with Gasteiger partial charge in [0.1, 0.15) is 10.8 Å². The number of aromatic nitrogens is 1. The summed E-state index contributed by atoms with van der Waals surface area (Å²) in [6, 6.07) is 1.40. The van der Waals surface area contributed by atoms with E-state index in [2.05, 4.69) is 4.98 Å². The molecular formula is C20H30ClFN2O3. The Morgan fingerprint density at radius 1 is 1.41 bits per heavy atom. The van der Waals surface area contributed by atoms with Crippen LogP contribution in [0.5, 0.6) is 0 Å². The summed E-state index contributed by atoms with van der Waals surface area (Å²) >= 11 is 6.06. The highest BCUT2D eigenvalue weighted by Gasteiger charge is 2.28. The highest BCUT2D eigenvalue weighted by Crippen LogP contribution is 2.30. The van der Waals surface area contributed by atoms with Crippen LogP contribution in [0.1, 0.15) is 64.8 Å². The number of piperidine rings is 1. The van der Waals surface area contributed by atoms with Crippen LogP contribution < -0.4 is 0 Å². The van der Waals surface area contributed by atoms with Crippen LogP contribution in [0.2, 0.25) is 5.15 Å². The van der Waals surface area contributed by atoms with Gasteiger partial charge in [0.05, 0.1) is 11.8 Å². The molecule has 0 bridgehead atoms. The Kier molecular flexibility index (Phi) is 7.09. The largest absolute Gasteiger partial charge is 0.444 e. The number of halogens is 2. The predicted octanol–water partition coefficient (Wildman–Crippen LogP) is 4.75. The maximum absolute atomic E-state index is 14.8. The fraction of sp³-hybridized carbons (Fsp3) is 0.700. The van der Waals surface area contributed by atoms with Crippen molar-refractivity contribution in [1.29, 1.82) is 0 Å². The molecule has 2 heterocycles. The smallest absolute Gasteiger partial charge is 0.410 e. The zero-order valence-corrected chi connectivity index (χ0v) is 17.5. The highest BCUT2D eigenvalue weighted by atomic mass is 35.5. The van der Waals surface area contributed by atoms with Crippen molar-refractivity contribution in [2.75, 3.05) is 13.1 Å². The molecule has 1 N–H and O–H groups in total. The van der Waals surface area contributed by atoms with Crippen LogP contribution in [0.4, 0.5) is 9.18 Å². The minimum absolute atomic E-state index is 0.122. The average molecular weight is 401 g/mol. The molecule has 1 unspecified atom stereocenters. The van der Waals surface area contributed by atoms with Gasteiger partial charge in [-0.3, -0.25) is 0 Å². The maximum Gasteiger partial charge on any atom is 0.410 e. The molecule has 152 valence electrons. The van der Waals surface area contributed by atoms with Crippen molar-refractivity contribution in [2.45, 2.75) is 65.6 Å². The third kappa shape index (κ3) is 6.04. The van der Waals surface area contributed by atoms with Gasteiger partial charge in [-0.1, -0.05) is 25.4 Å². The van der Waals surface area contributed by atoms with Gasteiger partial charge in [-0.2, -0.15) is 0 Å². The first-order valence-corrected chi connectivity index (χ1v) is 9.86. The molecule has 27 heavy (non-hydrogen) atoms. The van der Waals surface area contributed by atoms with Crippen LogP contribution in [-0.4, -0.2) is 39.8 Å². The van der Waals surface area contributed by atoms with Crippen LogP contribution >= 0.6 is 11.6 Å². The molecule has 7 heteroatoms. The Hall–Kier alpha value is -1.40. The lowest BCUT2D eigenvalue weighted by Gasteiger charge is -2.33. The summed E-state index contributed by atoms with van der Waals surface area (Å²) in [4.78, 5) is 18.0. The van der Waals surface area contributed by atoms with E-state index in [0.29, 0.717) is 19.5 Å². The van der Waals surface area contributed by atoms with Crippen LogP contribution in [0, 0.1) is 17.7 Å². The fourth-order valence-electron chi connectivity index (χ4n) is 3.20. The summed E-state index contributed by atoms with van der Waals surface area (Å²) < 4.78 is 20.2.